The lowest BCUT2D eigenvalue weighted by Gasteiger charge is -2.34. The highest BCUT2D eigenvalue weighted by molar-refractivity contribution is 6.25. The van der Waals surface area contributed by atoms with Crippen LogP contribution >= 0.6 is 0 Å². The molecule has 0 radical (unpaired) electrons. The first-order chi connectivity index (χ1) is 32.1. The normalized spacial score (nSPS) is 11.6. The third-order valence-corrected chi connectivity index (χ3v) is 13.0. The Kier molecular flexibility index (Phi) is 22.0. The van der Waals surface area contributed by atoms with E-state index in [1.165, 1.54) is 25.7 Å². The Balaban J connectivity index is 1.67. The van der Waals surface area contributed by atoms with E-state index in [9.17, 15) is 19.2 Å². The van der Waals surface area contributed by atoms with Crippen molar-refractivity contribution in [2.75, 3.05) is 0 Å². The number of carbonyl (C=O) groups excluding carboxylic acids is 4. The van der Waals surface area contributed by atoms with Gasteiger partial charge >= 0.3 is 23.9 Å². The lowest BCUT2D eigenvalue weighted by atomic mass is 9.74. The fraction of sp³-hybridized carbons (Fsp3) is 0.586. The molecule has 8 heteroatoms. The zero-order valence-electron chi connectivity index (χ0n) is 41.5. The molecule has 4 aromatic carbocycles. The minimum Gasteiger partial charge on any atom is -0.425 e. The van der Waals surface area contributed by atoms with Gasteiger partial charge in [0.1, 0.15) is 23.0 Å². The van der Waals surface area contributed by atoms with Crippen molar-refractivity contribution in [3.63, 3.8) is 0 Å². The van der Waals surface area contributed by atoms with E-state index in [0.29, 0.717) is 92.5 Å². The molecule has 0 saturated carbocycles. The maximum Gasteiger partial charge on any atom is 0.311 e. The number of hydrogen-bond donors (Lipinski definition) is 0. The highest BCUT2D eigenvalue weighted by atomic mass is 16.6. The Morgan fingerprint density at radius 3 is 0.803 bits per heavy atom. The van der Waals surface area contributed by atoms with Crippen LogP contribution in [0.2, 0.25) is 0 Å². The van der Waals surface area contributed by atoms with E-state index in [-0.39, 0.29) is 49.6 Å². The third kappa shape index (κ3) is 14.6. The Bertz CT molecular complexity index is 2060. The average molecular weight is 905 g/mol. The molecular formula is C58H80O8. The maximum absolute atomic E-state index is 14.0. The van der Waals surface area contributed by atoms with Gasteiger partial charge in [-0.25, -0.2) is 0 Å². The average Bonchev–Trinajstić information content (AvgIpc) is 3.28. The standard InChI is InChI=1S/C58H80O8/c1-7-11-15-19-23-27-31-47(59)63-55-43-37-35-41(5)39-45(43)57(65-49(61)33-29-25-21-17-13-9-3)53-51(55)54-52(53)56(64-48(60)32-28-24-20-16-12-8-2)44-38-36-42(6)40-46(44)58(54)66-50(62)34-30-26-22-18-14-10-4/h35-40H,7-34H2,1-6H3. The second-order valence-electron chi connectivity index (χ2n) is 18.9. The van der Waals surface area contributed by atoms with Gasteiger partial charge in [-0.2, -0.15) is 0 Å². The summed E-state index contributed by atoms with van der Waals surface area (Å²) in [5.74, 6) is -0.147. The van der Waals surface area contributed by atoms with E-state index in [4.69, 9.17) is 18.9 Å². The summed E-state index contributed by atoms with van der Waals surface area (Å²) in [4.78, 5) is 55.8. The maximum atomic E-state index is 14.0. The summed E-state index contributed by atoms with van der Waals surface area (Å²) in [5, 5.41) is 2.46. The van der Waals surface area contributed by atoms with Crippen molar-refractivity contribution in [2.24, 2.45) is 0 Å². The Morgan fingerprint density at radius 2 is 0.545 bits per heavy atom. The topological polar surface area (TPSA) is 105 Å². The van der Waals surface area contributed by atoms with Gasteiger partial charge in [0, 0.05) is 69.5 Å². The molecule has 360 valence electrons. The molecule has 0 aromatic heterocycles. The monoisotopic (exact) mass is 905 g/mol. The molecular weight excluding hydrogens is 825 g/mol. The summed E-state index contributed by atoms with van der Waals surface area (Å²) >= 11 is 0. The molecule has 5 rings (SSSR count). The number of benzene rings is 4. The van der Waals surface area contributed by atoms with Crippen molar-refractivity contribution in [1.29, 1.82) is 0 Å². The number of esters is 4. The molecule has 0 fully saturated rings. The first-order valence-electron chi connectivity index (χ1n) is 26.2. The molecule has 0 bridgehead atoms. The largest absolute Gasteiger partial charge is 0.425 e. The molecule has 4 aromatic rings. The Labute approximate surface area is 396 Å². The third-order valence-electron chi connectivity index (χ3n) is 13.0. The SMILES string of the molecule is CCCCCCCCC(=O)Oc1c2c(c(OC(=O)CCCCCCCC)c3cc(C)ccc13)-c1c-2c(OC(=O)CCCCCCCC)c2cc(C)ccc2c1OC(=O)CCCCCCCC. The van der Waals surface area contributed by atoms with Gasteiger partial charge in [-0.15, -0.1) is 0 Å². The van der Waals surface area contributed by atoms with Gasteiger partial charge in [-0.1, -0.05) is 192 Å². The first kappa shape index (κ1) is 52.3. The van der Waals surface area contributed by atoms with Crippen LogP contribution in [0.1, 0.15) is 219 Å². The molecule has 0 atom stereocenters. The predicted octanol–water partition coefficient (Wildman–Crippen LogP) is 16.9. The molecule has 0 spiro atoms. The van der Waals surface area contributed by atoms with Gasteiger partial charge in [-0.3, -0.25) is 19.2 Å². The van der Waals surface area contributed by atoms with Crippen LogP contribution in [0.3, 0.4) is 0 Å². The molecule has 0 aliphatic heterocycles. The fourth-order valence-corrected chi connectivity index (χ4v) is 9.25. The molecule has 1 aliphatic carbocycles. The molecule has 0 heterocycles. The molecule has 0 unspecified atom stereocenters. The van der Waals surface area contributed by atoms with Crippen LogP contribution in [0.15, 0.2) is 36.4 Å². The van der Waals surface area contributed by atoms with Crippen LogP contribution in [-0.2, 0) is 19.2 Å². The van der Waals surface area contributed by atoms with Crippen LogP contribution in [-0.4, -0.2) is 23.9 Å². The number of ether oxygens (including phenoxy) is 4. The van der Waals surface area contributed by atoms with Gasteiger partial charge in [0.15, 0.2) is 0 Å². The van der Waals surface area contributed by atoms with Crippen LogP contribution in [0.25, 0.3) is 43.8 Å². The highest BCUT2D eigenvalue weighted by Gasteiger charge is 2.42. The van der Waals surface area contributed by atoms with Gasteiger partial charge < -0.3 is 18.9 Å². The fourth-order valence-electron chi connectivity index (χ4n) is 9.25. The second-order valence-corrected chi connectivity index (χ2v) is 18.9. The van der Waals surface area contributed by atoms with Crippen LogP contribution < -0.4 is 18.9 Å². The van der Waals surface area contributed by atoms with E-state index in [0.717, 1.165) is 114 Å². The highest BCUT2D eigenvalue weighted by Crippen LogP contribution is 2.67. The number of fused-ring (bicyclic) bond motifs is 6. The number of unbranched alkanes of at least 4 members (excludes halogenated alkanes) is 20. The smallest absolute Gasteiger partial charge is 0.311 e. The molecule has 1 aliphatic rings. The van der Waals surface area contributed by atoms with E-state index in [1.807, 2.05) is 50.2 Å². The number of carbonyl (C=O) groups is 4. The molecule has 0 N–H and O–H groups in total. The molecule has 66 heavy (non-hydrogen) atoms. The lowest BCUT2D eigenvalue weighted by molar-refractivity contribution is -0.135. The van der Waals surface area contributed by atoms with Crippen LogP contribution in [0, 0.1) is 13.8 Å². The number of rotatable bonds is 32. The lowest BCUT2D eigenvalue weighted by Crippen LogP contribution is -2.18. The predicted molar refractivity (Wildman–Crippen MR) is 270 cm³/mol. The van der Waals surface area contributed by atoms with Gasteiger partial charge in [0.2, 0.25) is 0 Å². The number of aryl methyl sites for hydroxylation is 2. The van der Waals surface area contributed by atoms with Crippen LogP contribution in [0.5, 0.6) is 23.0 Å². The summed E-state index contributed by atoms with van der Waals surface area (Å²) in [7, 11) is 0. The first-order valence-corrected chi connectivity index (χ1v) is 26.2. The molecule has 0 saturated heterocycles. The second kappa shape index (κ2) is 27.8. The van der Waals surface area contributed by atoms with Crippen molar-refractivity contribution >= 4 is 45.4 Å². The summed E-state index contributed by atoms with van der Waals surface area (Å²) < 4.78 is 25.9. The summed E-state index contributed by atoms with van der Waals surface area (Å²) in [6.45, 7) is 12.7. The van der Waals surface area contributed by atoms with Crippen molar-refractivity contribution in [3.05, 3.63) is 47.5 Å². The van der Waals surface area contributed by atoms with E-state index in [2.05, 4.69) is 27.7 Å². The Hall–Kier alpha value is -4.72. The van der Waals surface area contributed by atoms with Crippen molar-refractivity contribution < 1.29 is 38.1 Å². The molecule has 8 nitrogen and oxygen atoms in total. The van der Waals surface area contributed by atoms with Crippen molar-refractivity contribution in [1.82, 2.24) is 0 Å². The van der Waals surface area contributed by atoms with Crippen molar-refractivity contribution in [2.45, 2.75) is 221 Å². The Morgan fingerprint density at radius 1 is 0.318 bits per heavy atom. The summed E-state index contributed by atoms with van der Waals surface area (Å²) in [5.41, 5.74) is 3.92. The van der Waals surface area contributed by atoms with Gasteiger partial charge in [0.25, 0.3) is 0 Å². The van der Waals surface area contributed by atoms with E-state index >= 15 is 0 Å². The van der Waals surface area contributed by atoms with Gasteiger partial charge in [0.05, 0.1) is 0 Å². The minimum atomic E-state index is -0.361. The van der Waals surface area contributed by atoms with E-state index < -0.39 is 0 Å². The summed E-state index contributed by atoms with van der Waals surface area (Å²) in [6, 6.07) is 11.7. The molecule has 0 amide bonds. The minimum absolute atomic E-state index is 0.244. The quantitative estimate of drug-likeness (QED) is 0.0239. The van der Waals surface area contributed by atoms with Crippen molar-refractivity contribution in [3.8, 4) is 45.3 Å². The zero-order valence-corrected chi connectivity index (χ0v) is 41.5. The van der Waals surface area contributed by atoms with Crippen LogP contribution in [0.4, 0.5) is 0 Å². The summed E-state index contributed by atoms with van der Waals surface area (Å²) in [6.07, 6.45) is 25.6. The van der Waals surface area contributed by atoms with Gasteiger partial charge in [-0.05, 0) is 51.7 Å². The van der Waals surface area contributed by atoms with E-state index in [1.54, 1.807) is 0 Å². The number of hydrogen-bond acceptors (Lipinski definition) is 8. The zero-order chi connectivity index (χ0) is 47.3.